The van der Waals surface area contributed by atoms with Gasteiger partial charge in [-0.3, -0.25) is 4.21 Å². The predicted molar refractivity (Wildman–Crippen MR) is 81.3 cm³/mol. The molecule has 1 saturated carbocycles. The Hall–Kier alpha value is 0.110. The number of hydrogen-bond donors (Lipinski definition) is 1. The Morgan fingerprint density at radius 1 is 1.28 bits per heavy atom. The van der Waals surface area contributed by atoms with E-state index in [0.717, 1.165) is 31.1 Å². The molecule has 1 N–H and O–H groups in total. The lowest BCUT2D eigenvalue weighted by molar-refractivity contribution is 0.294. The number of hydrogen-bond acceptors (Lipinski definition) is 2. The van der Waals surface area contributed by atoms with Crippen LogP contribution in [0.2, 0.25) is 0 Å². The Kier molecular flexibility index (Phi) is 7.47. The molecular weight excluding hydrogens is 242 g/mol. The molecule has 0 aliphatic heterocycles. The standard InChI is InChI=1S/C15H31NOS/c1-5-12(4)11-18(17)15-10-13(6-2)8-9-14(15)16-7-3/h12-16H,5-11H2,1-4H3. The average Bonchev–Trinajstić information content (AvgIpc) is 2.39. The Labute approximate surface area is 116 Å². The third kappa shape index (κ3) is 4.65. The summed E-state index contributed by atoms with van der Waals surface area (Å²) in [6.45, 7) is 9.84. The smallest absolute Gasteiger partial charge is 0.0503 e. The molecule has 0 aromatic rings. The number of nitrogens with one attached hydrogen (secondary N) is 1. The second-order valence-electron chi connectivity index (χ2n) is 5.85. The van der Waals surface area contributed by atoms with Gasteiger partial charge in [-0.05, 0) is 37.6 Å². The predicted octanol–water partition coefficient (Wildman–Crippen LogP) is 3.34. The van der Waals surface area contributed by atoms with E-state index in [4.69, 9.17) is 0 Å². The maximum Gasteiger partial charge on any atom is 0.0503 e. The van der Waals surface area contributed by atoms with Crippen molar-refractivity contribution < 1.29 is 4.21 Å². The average molecular weight is 273 g/mol. The largest absolute Gasteiger partial charge is 0.313 e. The second-order valence-corrected chi connectivity index (χ2v) is 7.55. The van der Waals surface area contributed by atoms with Crippen molar-refractivity contribution in [3.63, 3.8) is 0 Å². The zero-order valence-corrected chi connectivity index (χ0v) is 13.4. The summed E-state index contributed by atoms with van der Waals surface area (Å²) in [4.78, 5) is 0. The van der Waals surface area contributed by atoms with Gasteiger partial charge in [-0.15, -0.1) is 0 Å². The van der Waals surface area contributed by atoms with Crippen LogP contribution in [0.5, 0.6) is 0 Å². The van der Waals surface area contributed by atoms with Gasteiger partial charge in [-0.2, -0.15) is 0 Å². The molecule has 1 rings (SSSR count). The molecule has 1 fully saturated rings. The molecule has 5 unspecified atom stereocenters. The molecule has 0 bridgehead atoms. The van der Waals surface area contributed by atoms with E-state index in [-0.39, 0.29) is 0 Å². The zero-order chi connectivity index (χ0) is 13.5. The van der Waals surface area contributed by atoms with Crippen molar-refractivity contribution in [2.75, 3.05) is 12.3 Å². The molecule has 3 heteroatoms. The molecule has 0 aromatic carbocycles. The topological polar surface area (TPSA) is 29.1 Å². The van der Waals surface area contributed by atoms with Crippen LogP contribution < -0.4 is 5.32 Å². The highest BCUT2D eigenvalue weighted by atomic mass is 32.2. The van der Waals surface area contributed by atoms with Gasteiger partial charge in [-0.25, -0.2) is 0 Å². The summed E-state index contributed by atoms with van der Waals surface area (Å²) in [6.07, 6.45) is 6.07. The van der Waals surface area contributed by atoms with Crippen molar-refractivity contribution in [3.8, 4) is 0 Å². The number of rotatable bonds is 7. The van der Waals surface area contributed by atoms with E-state index in [1.807, 2.05) is 0 Å². The van der Waals surface area contributed by atoms with Crippen molar-refractivity contribution in [2.24, 2.45) is 11.8 Å². The summed E-state index contributed by atoms with van der Waals surface area (Å²) in [5.41, 5.74) is 0. The Morgan fingerprint density at radius 2 is 2.00 bits per heavy atom. The summed E-state index contributed by atoms with van der Waals surface area (Å²) < 4.78 is 12.6. The first-order valence-corrected chi connectivity index (χ1v) is 9.11. The van der Waals surface area contributed by atoms with E-state index in [9.17, 15) is 4.21 Å². The lowest BCUT2D eigenvalue weighted by Gasteiger charge is -2.36. The molecule has 0 spiro atoms. The Bertz CT molecular complexity index is 257. The minimum absolute atomic E-state index is 0.387. The van der Waals surface area contributed by atoms with E-state index in [2.05, 4.69) is 33.0 Å². The molecule has 1 aliphatic rings. The lowest BCUT2D eigenvalue weighted by atomic mass is 9.84. The monoisotopic (exact) mass is 273 g/mol. The molecule has 108 valence electrons. The fraction of sp³-hybridized carbons (Fsp3) is 1.00. The first-order valence-electron chi connectivity index (χ1n) is 7.72. The summed E-state index contributed by atoms with van der Waals surface area (Å²) in [7, 11) is -0.653. The highest BCUT2D eigenvalue weighted by molar-refractivity contribution is 7.85. The van der Waals surface area contributed by atoms with E-state index >= 15 is 0 Å². The molecule has 0 aromatic heterocycles. The van der Waals surface area contributed by atoms with E-state index in [0.29, 0.717) is 17.2 Å². The van der Waals surface area contributed by atoms with Crippen molar-refractivity contribution in [1.29, 1.82) is 0 Å². The zero-order valence-electron chi connectivity index (χ0n) is 12.6. The van der Waals surface area contributed by atoms with E-state index < -0.39 is 10.8 Å². The molecular formula is C15H31NOS. The summed E-state index contributed by atoms with van der Waals surface area (Å²) in [5.74, 6) is 2.28. The Morgan fingerprint density at radius 3 is 2.56 bits per heavy atom. The summed E-state index contributed by atoms with van der Waals surface area (Å²) in [6, 6.07) is 0.489. The van der Waals surface area contributed by atoms with Gasteiger partial charge in [0.25, 0.3) is 0 Å². The summed E-state index contributed by atoms with van der Waals surface area (Å²) in [5, 5.41) is 3.95. The van der Waals surface area contributed by atoms with Gasteiger partial charge < -0.3 is 5.32 Å². The molecule has 0 heterocycles. The molecule has 18 heavy (non-hydrogen) atoms. The third-order valence-corrected chi connectivity index (χ3v) is 6.52. The first-order chi connectivity index (χ1) is 8.62. The van der Waals surface area contributed by atoms with Gasteiger partial charge >= 0.3 is 0 Å². The van der Waals surface area contributed by atoms with Crippen molar-refractivity contribution in [2.45, 2.75) is 71.1 Å². The normalized spacial score (nSPS) is 32.1. The highest BCUT2D eigenvalue weighted by Gasteiger charge is 2.33. The molecule has 1 aliphatic carbocycles. The molecule has 0 amide bonds. The first kappa shape index (κ1) is 16.2. The maximum absolute atomic E-state index is 12.6. The maximum atomic E-state index is 12.6. The summed E-state index contributed by atoms with van der Waals surface area (Å²) >= 11 is 0. The van der Waals surface area contributed by atoms with Gasteiger partial charge in [-0.1, -0.05) is 40.5 Å². The van der Waals surface area contributed by atoms with Gasteiger partial charge in [0.05, 0.1) is 5.25 Å². The SMILES string of the molecule is CCNC1CCC(CC)CC1S(=O)CC(C)CC. The van der Waals surface area contributed by atoms with Crippen LogP contribution in [0.1, 0.15) is 59.8 Å². The van der Waals surface area contributed by atoms with Gasteiger partial charge in [0.15, 0.2) is 0 Å². The Balaban J connectivity index is 2.61. The van der Waals surface area contributed by atoms with Crippen molar-refractivity contribution >= 4 is 10.8 Å². The molecule has 0 radical (unpaired) electrons. The van der Waals surface area contributed by atoms with Crippen molar-refractivity contribution in [1.82, 2.24) is 5.32 Å². The van der Waals surface area contributed by atoms with Crippen LogP contribution in [0.25, 0.3) is 0 Å². The van der Waals surface area contributed by atoms with Crippen LogP contribution in [0.15, 0.2) is 0 Å². The minimum atomic E-state index is -0.653. The van der Waals surface area contributed by atoms with Gasteiger partial charge in [0.1, 0.15) is 0 Å². The fourth-order valence-electron chi connectivity index (χ4n) is 2.89. The van der Waals surface area contributed by atoms with Crippen LogP contribution in [0.4, 0.5) is 0 Å². The van der Waals surface area contributed by atoms with Crippen LogP contribution in [-0.2, 0) is 10.8 Å². The molecule has 2 nitrogen and oxygen atoms in total. The third-order valence-electron chi connectivity index (χ3n) is 4.43. The van der Waals surface area contributed by atoms with Crippen LogP contribution in [-0.4, -0.2) is 27.8 Å². The quantitative estimate of drug-likeness (QED) is 0.771. The second kappa shape index (κ2) is 8.31. The molecule has 5 atom stereocenters. The van der Waals surface area contributed by atoms with Gasteiger partial charge in [0.2, 0.25) is 0 Å². The lowest BCUT2D eigenvalue weighted by Crippen LogP contribution is -2.47. The highest BCUT2D eigenvalue weighted by Crippen LogP contribution is 2.30. The minimum Gasteiger partial charge on any atom is -0.313 e. The van der Waals surface area contributed by atoms with Crippen LogP contribution >= 0.6 is 0 Å². The fourth-order valence-corrected chi connectivity index (χ4v) is 5.02. The van der Waals surface area contributed by atoms with Crippen LogP contribution in [0.3, 0.4) is 0 Å². The van der Waals surface area contributed by atoms with E-state index in [1.165, 1.54) is 19.3 Å². The van der Waals surface area contributed by atoms with E-state index in [1.54, 1.807) is 0 Å². The van der Waals surface area contributed by atoms with Crippen molar-refractivity contribution in [3.05, 3.63) is 0 Å². The molecule has 0 saturated heterocycles. The van der Waals surface area contributed by atoms with Crippen LogP contribution in [0, 0.1) is 11.8 Å². The van der Waals surface area contributed by atoms with Gasteiger partial charge in [0, 0.05) is 22.6 Å².